The Labute approximate surface area is 124 Å². The minimum atomic E-state index is 0.0875. The van der Waals surface area contributed by atoms with Crippen LogP contribution in [0, 0.1) is 0 Å². The summed E-state index contributed by atoms with van der Waals surface area (Å²) in [6.07, 6.45) is 3.54. The summed E-state index contributed by atoms with van der Waals surface area (Å²) in [5.41, 5.74) is 1.39. The molecule has 0 spiro atoms. The van der Waals surface area contributed by atoms with E-state index in [1.807, 2.05) is 0 Å². The van der Waals surface area contributed by atoms with Gasteiger partial charge in [-0.1, -0.05) is 0 Å². The molecule has 1 aromatic heterocycles. The predicted molar refractivity (Wildman–Crippen MR) is 80.5 cm³/mol. The Morgan fingerprint density at radius 3 is 3.00 bits per heavy atom. The number of aryl methyl sites for hydroxylation is 2. The maximum Gasteiger partial charge on any atom is 0.261 e. The van der Waals surface area contributed by atoms with Crippen molar-refractivity contribution < 1.29 is 9.53 Å². The van der Waals surface area contributed by atoms with Gasteiger partial charge in [0.1, 0.15) is 0 Å². The molecule has 4 nitrogen and oxygen atoms in total. The van der Waals surface area contributed by atoms with Gasteiger partial charge in [-0.05, 0) is 37.8 Å². The highest BCUT2D eigenvalue weighted by molar-refractivity contribution is 7.14. The molecule has 0 aromatic carbocycles. The minimum absolute atomic E-state index is 0.0875. The lowest BCUT2D eigenvalue weighted by molar-refractivity contribution is 0.0204. The zero-order valence-electron chi connectivity index (χ0n) is 12.0. The van der Waals surface area contributed by atoms with Crippen LogP contribution in [0.2, 0.25) is 0 Å². The molecule has 1 N–H and O–H groups in total. The van der Waals surface area contributed by atoms with E-state index in [0.717, 1.165) is 44.0 Å². The largest absolute Gasteiger partial charge is 0.379 e. The third kappa shape index (κ3) is 3.05. The number of amides is 1. The van der Waals surface area contributed by atoms with Gasteiger partial charge in [-0.3, -0.25) is 9.69 Å². The van der Waals surface area contributed by atoms with Crippen LogP contribution in [0.25, 0.3) is 0 Å². The molecule has 0 radical (unpaired) electrons. The highest BCUT2D eigenvalue weighted by Crippen LogP contribution is 2.30. The number of hydrogen-bond donors (Lipinski definition) is 1. The molecule has 1 aromatic rings. The van der Waals surface area contributed by atoms with Gasteiger partial charge in [-0.15, -0.1) is 11.3 Å². The second-order valence-electron chi connectivity index (χ2n) is 5.62. The van der Waals surface area contributed by atoms with E-state index in [-0.39, 0.29) is 5.91 Å². The number of nitrogens with zero attached hydrogens (tertiary/aromatic N) is 1. The van der Waals surface area contributed by atoms with Crippen LogP contribution in [0.1, 0.15) is 33.5 Å². The average molecular weight is 294 g/mol. The molecule has 3 rings (SSSR count). The van der Waals surface area contributed by atoms with Crippen molar-refractivity contribution in [2.45, 2.75) is 32.2 Å². The molecule has 20 heavy (non-hydrogen) atoms. The number of morpholine rings is 1. The molecule has 2 heterocycles. The first-order valence-corrected chi connectivity index (χ1v) is 8.27. The number of thiophene rings is 1. The Balaban J connectivity index is 1.50. The number of hydrogen-bond acceptors (Lipinski definition) is 4. The van der Waals surface area contributed by atoms with Gasteiger partial charge >= 0.3 is 0 Å². The van der Waals surface area contributed by atoms with Gasteiger partial charge in [0, 0.05) is 30.6 Å². The molecule has 1 amide bonds. The lowest BCUT2D eigenvalue weighted by Crippen LogP contribution is -2.47. The van der Waals surface area contributed by atoms with Crippen LogP contribution in [0.5, 0.6) is 0 Å². The molecule has 110 valence electrons. The van der Waals surface area contributed by atoms with Gasteiger partial charge in [-0.25, -0.2) is 0 Å². The van der Waals surface area contributed by atoms with Crippen LogP contribution >= 0.6 is 11.3 Å². The van der Waals surface area contributed by atoms with Gasteiger partial charge in [-0.2, -0.15) is 0 Å². The smallest absolute Gasteiger partial charge is 0.261 e. The fourth-order valence-electron chi connectivity index (χ4n) is 2.92. The van der Waals surface area contributed by atoms with Crippen LogP contribution in [0.4, 0.5) is 0 Å². The number of nitrogens with one attached hydrogen (secondary N) is 1. The molecule has 1 saturated heterocycles. The summed E-state index contributed by atoms with van der Waals surface area (Å²) < 4.78 is 5.35. The fraction of sp³-hybridized carbons (Fsp3) is 0.667. The van der Waals surface area contributed by atoms with E-state index in [2.05, 4.69) is 23.2 Å². The molecular formula is C15H22N2O2S. The Kier molecular flexibility index (Phi) is 4.38. The predicted octanol–water partition coefficient (Wildman–Crippen LogP) is 1.69. The van der Waals surface area contributed by atoms with E-state index < -0.39 is 0 Å². The lowest BCUT2D eigenvalue weighted by atomic mass is 10.2. The van der Waals surface area contributed by atoms with Crippen LogP contribution in [-0.4, -0.2) is 49.7 Å². The lowest BCUT2D eigenvalue weighted by Gasteiger charge is -2.32. The van der Waals surface area contributed by atoms with Crippen molar-refractivity contribution in [2.24, 2.45) is 0 Å². The zero-order valence-corrected chi connectivity index (χ0v) is 12.8. The summed E-state index contributed by atoms with van der Waals surface area (Å²) >= 11 is 1.67. The summed E-state index contributed by atoms with van der Waals surface area (Å²) in [6, 6.07) is 2.46. The summed E-state index contributed by atoms with van der Waals surface area (Å²) in [4.78, 5) is 16.9. The van der Waals surface area contributed by atoms with E-state index in [9.17, 15) is 4.79 Å². The topological polar surface area (TPSA) is 41.6 Å². The third-order valence-corrected chi connectivity index (χ3v) is 5.43. The molecule has 1 fully saturated rings. The number of ether oxygens (including phenoxy) is 1. The van der Waals surface area contributed by atoms with E-state index in [4.69, 9.17) is 4.74 Å². The van der Waals surface area contributed by atoms with Crippen molar-refractivity contribution in [3.8, 4) is 0 Å². The molecule has 1 unspecified atom stereocenters. The Morgan fingerprint density at radius 2 is 2.25 bits per heavy atom. The van der Waals surface area contributed by atoms with E-state index in [0.29, 0.717) is 12.6 Å². The van der Waals surface area contributed by atoms with E-state index in [1.165, 1.54) is 16.9 Å². The molecule has 0 bridgehead atoms. The minimum Gasteiger partial charge on any atom is -0.379 e. The molecule has 0 saturated carbocycles. The molecule has 1 aliphatic heterocycles. The van der Waals surface area contributed by atoms with Crippen molar-refractivity contribution in [1.29, 1.82) is 0 Å². The molecule has 2 aliphatic rings. The quantitative estimate of drug-likeness (QED) is 0.919. The van der Waals surface area contributed by atoms with Crippen molar-refractivity contribution in [3.63, 3.8) is 0 Å². The van der Waals surface area contributed by atoms with E-state index in [1.54, 1.807) is 11.3 Å². The monoisotopic (exact) mass is 294 g/mol. The second kappa shape index (κ2) is 6.24. The van der Waals surface area contributed by atoms with Crippen LogP contribution in [-0.2, 0) is 17.6 Å². The van der Waals surface area contributed by atoms with Crippen LogP contribution in [0.3, 0.4) is 0 Å². The Morgan fingerprint density at radius 1 is 1.45 bits per heavy atom. The Bertz CT molecular complexity index is 459. The van der Waals surface area contributed by atoms with Gasteiger partial charge in [0.25, 0.3) is 5.91 Å². The highest BCUT2D eigenvalue weighted by atomic mass is 32.1. The first-order valence-electron chi connectivity index (χ1n) is 7.45. The first kappa shape index (κ1) is 14.0. The normalized spacial score (nSPS) is 20.6. The molecule has 1 aliphatic carbocycles. The highest BCUT2D eigenvalue weighted by Gasteiger charge is 2.20. The van der Waals surface area contributed by atoms with Gasteiger partial charge < -0.3 is 10.1 Å². The van der Waals surface area contributed by atoms with Gasteiger partial charge in [0.05, 0.1) is 18.1 Å². The van der Waals surface area contributed by atoms with Crippen molar-refractivity contribution in [3.05, 3.63) is 21.4 Å². The molecule has 5 heteroatoms. The Hall–Kier alpha value is -0.910. The zero-order chi connectivity index (χ0) is 13.9. The fourth-order valence-corrected chi connectivity index (χ4v) is 4.09. The van der Waals surface area contributed by atoms with Crippen LogP contribution < -0.4 is 5.32 Å². The summed E-state index contributed by atoms with van der Waals surface area (Å²) in [5, 5.41) is 3.07. The maximum absolute atomic E-state index is 12.2. The van der Waals surface area contributed by atoms with Crippen LogP contribution in [0.15, 0.2) is 6.07 Å². The summed E-state index contributed by atoms with van der Waals surface area (Å²) in [6.45, 7) is 6.40. The summed E-state index contributed by atoms with van der Waals surface area (Å²) in [7, 11) is 0. The third-order valence-electron chi connectivity index (χ3n) is 4.20. The number of carbonyl (C=O) groups is 1. The molecular weight excluding hydrogens is 272 g/mol. The summed E-state index contributed by atoms with van der Waals surface area (Å²) in [5.74, 6) is 0.0875. The number of fused-ring (bicyclic) bond motifs is 1. The SMILES string of the molecule is CC(CNC(=O)c1cc2c(s1)CCC2)N1CCOCC1. The second-order valence-corrected chi connectivity index (χ2v) is 6.76. The molecule has 1 atom stereocenters. The van der Waals surface area contributed by atoms with Crippen molar-refractivity contribution >= 4 is 17.2 Å². The van der Waals surface area contributed by atoms with Gasteiger partial charge in [0.15, 0.2) is 0 Å². The van der Waals surface area contributed by atoms with Gasteiger partial charge in [0.2, 0.25) is 0 Å². The average Bonchev–Trinajstić information content (AvgIpc) is 3.06. The number of rotatable bonds is 4. The standard InChI is InChI=1S/C15H22N2O2S/c1-11(17-5-7-19-8-6-17)10-16-15(18)14-9-12-3-2-4-13(12)20-14/h9,11H,2-8,10H2,1H3,(H,16,18). The maximum atomic E-state index is 12.2. The first-order chi connectivity index (χ1) is 9.74. The number of carbonyl (C=O) groups excluding carboxylic acids is 1. The van der Waals surface area contributed by atoms with Crippen molar-refractivity contribution in [1.82, 2.24) is 10.2 Å². The van der Waals surface area contributed by atoms with E-state index >= 15 is 0 Å². The van der Waals surface area contributed by atoms with Crippen molar-refractivity contribution in [2.75, 3.05) is 32.8 Å².